The average molecular weight is 835 g/mol. The van der Waals surface area contributed by atoms with Gasteiger partial charge in [0.2, 0.25) is 5.60 Å². The van der Waals surface area contributed by atoms with Crippen molar-refractivity contribution in [1.82, 2.24) is 9.13 Å². The highest BCUT2D eigenvalue weighted by molar-refractivity contribution is 7.99. The molecule has 0 bridgehead atoms. The number of thioether (sulfide) groups is 1. The van der Waals surface area contributed by atoms with E-state index in [1.165, 1.54) is 47.3 Å². The molecule has 1 N–H and O–H groups in total. The SMILES string of the molecule is O=[N+]([O-])c1ccc2c(C(O)(CSc3ccccc3)C(F)(F)F)cn(Cc3ccccc3)c2c1.O=[N+]([O-])c1ccc2c(C3(C(F)(F)F)CO3)cn(Cc3ccccc3)c2c1. The van der Waals surface area contributed by atoms with Gasteiger partial charge in [0.1, 0.15) is 0 Å². The van der Waals surface area contributed by atoms with Crippen LogP contribution in [-0.2, 0) is 29.0 Å². The number of benzene rings is 5. The first-order valence-corrected chi connectivity index (χ1v) is 18.8. The number of nitro benzene ring substituents is 2. The van der Waals surface area contributed by atoms with Gasteiger partial charge in [-0.1, -0.05) is 78.9 Å². The largest absolute Gasteiger partial charge is 0.424 e. The van der Waals surface area contributed by atoms with Gasteiger partial charge in [-0.15, -0.1) is 11.8 Å². The summed E-state index contributed by atoms with van der Waals surface area (Å²) < 4.78 is 91.3. The fraction of sp³-hybridized carbons (Fsp3) is 0.190. The molecular formula is C42H32F6N4O6S. The number of aliphatic hydroxyl groups is 1. The van der Waals surface area contributed by atoms with Crippen LogP contribution in [0.4, 0.5) is 37.7 Å². The topological polar surface area (TPSA) is 129 Å². The standard InChI is InChI=1S/C24H19F3N2O3S.C18H13F3N2O3/c25-24(26,27)23(30,16-33-19-9-5-2-6-10-19)21-15-28(14-17-7-3-1-4-8-17)22-13-18(29(31)32)11-12-20(21)22;19-18(20,21)17(11-26-17)15-10-22(9-12-4-2-1-3-5-12)16-8-13(23(24)25)6-7-14(15)16/h1-13,15,30H,14,16H2;1-8,10H,9,11H2. The number of hydrogen-bond acceptors (Lipinski definition) is 7. The summed E-state index contributed by atoms with van der Waals surface area (Å²) in [5.74, 6) is -0.665. The lowest BCUT2D eigenvalue weighted by Crippen LogP contribution is -2.44. The van der Waals surface area contributed by atoms with E-state index in [1.807, 2.05) is 48.5 Å². The van der Waals surface area contributed by atoms with E-state index in [0.717, 1.165) is 29.0 Å². The second kappa shape index (κ2) is 15.9. The van der Waals surface area contributed by atoms with E-state index in [2.05, 4.69) is 0 Å². The van der Waals surface area contributed by atoms with Crippen LogP contribution < -0.4 is 0 Å². The third-order valence-corrected chi connectivity index (χ3v) is 11.1. The molecule has 0 saturated carbocycles. The Morgan fingerprint density at radius 2 is 1.14 bits per heavy atom. The third kappa shape index (κ3) is 8.26. The second-order valence-electron chi connectivity index (χ2n) is 13.8. The lowest BCUT2D eigenvalue weighted by molar-refractivity contribution is -0.384. The molecule has 7 aromatic rings. The van der Waals surface area contributed by atoms with Crippen LogP contribution in [0.25, 0.3) is 21.8 Å². The lowest BCUT2D eigenvalue weighted by atomic mass is 9.94. The van der Waals surface area contributed by atoms with Crippen LogP contribution in [0, 0.1) is 20.2 Å². The van der Waals surface area contributed by atoms with Crippen LogP contribution in [0.2, 0.25) is 0 Å². The van der Waals surface area contributed by atoms with Gasteiger partial charge in [-0.25, -0.2) is 0 Å². The summed E-state index contributed by atoms with van der Waals surface area (Å²) in [7, 11) is 0. The molecule has 0 radical (unpaired) electrons. The first-order valence-electron chi connectivity index (χ1n) is 17.8. The van der Waals surface area contributed by atoms with Crippen molar-refractivity contribution < 1.29 is 46.0 Å². The zero-order valence-corrected chi connectivity index (χ0v) is 31.4. The van der Waals surface area contributed by atoms with Gasteiger partial charge in [0.25, 0.3) is 11.4 Å². The zero-order chi connectivity index (χ0) is 42.2. The Balaban J connectivity index is 0.000000184. The quantitative estimate of drug-likeness (QED) is 0.0452. The molecule has 2 aromatic heterocycles. The Kier molecular flexibility index (Phi) is 11.0. The number of rotatable bonds is 11. The number of non-ortho nitro benzene ring substituents is 2. The van der Waals surface area contributed by atoms with E-state index >= 15 is 0 Å². The smallest absolute Gasteiger partial charge is 0.376 e. The summed E-state index contributed by atoms with van der Waals surface area (Å²) in [5.41, 5.74) is -3.95. The maximum atomic E-state index is 14.3. The number of halogens is 6. The lowest BCUT2D eigenvalue weighted by Gasteiger charge is -2.30. The maximum Gasteiger partial charge on any atom is 0.424 e. The summed E-state index contributed by atoms with van der Waals surface area (Å²) >= 11 is 0.891. The molecule has 1 saturated heterocycles. The van der Waals surface area contributed by atoms with Crippen molar-refractivity contribution in [2.75, 3.05) is 12.4 Å². The fourth-order valence-corrected chi connectivity index (χ4v) is 7.87. The van der Waals surface area contributed by atoms with E-state index < -0.39 is 45.8 Å². The average Bonchev–Trinajstić information content (AvgIpc) is 3.86. The fourth-order valence-electron chi connectivity index (χ4n) is 6.82. The Bertz CT molecular complexity index is 2630. The number of hydrogen-bond donors (Lipinski definition) is 1. The van der Waals surface area contributed by atoms with Crippen molar-refractivity contribution in [3.63, 3.8) is 0 Å². The molecule has 1 aliphatic rings. The molecule has 59 heavy (non-hydrogen) atoms. The predicted molar refractivity (Wildman–Crippen MR) is 209 cm³/mol. The minimum absolute atomic E-state index is 0.00849. The third-order valence-electron chi connectivity index (χ3n) is 9.98. The highest BCUT2D eigenvalue weighted by Gasteiger charge is 2.68. The molecule has 304 valence electrons. The normalized spacial score (nSPS) is 16.3. The van der Waals surface area contributed by atoms with Gasteiger partial charge in [0.05, 0.1) is 27.5 Å². The molecule has 17 heteroatoms. The van der Waals surface area contributed by atoms with Crippen molar-refractivity contribution in [2.24, 2.45) is 0 Å². The van der Waals surface area contributed by atoms with Crippen molar-refractivity contribution >= 4 is 44.9 Å². The number of alkyl halides is 6. The van der Waals surface area contributed by atoms with Gasteiger partial charge >= 0.3 is 12.4 Å². The zero-order valence-electron chi connectivity index (χ0n) is 30.6. The molecule has 5 aromatic carbocycles. The number of nitrogens with zero attached hydrogens (tertiary/aromatic N) is 4. The van der Waals surface area contributed by atoms with Crippen molar-refractivity contribution in [1.29, 1.82) is 0 Å². The predicted octanol–water partition coefficient (Wildman–Crippen LogP) is 10.5. The van der Waals surface area contributed by atoms with E-state index in [9.17, 15) is 51.7 Å². The van der Waals surface area contributed by atoms with E-state index in [-0.39, 0.29) is 39.9 Å². The van der Waals surface area contributed by atoms with Crippen LogP contribution in [0.3, 0.4) is 0 Å². The van der Waals surface area contributed by atoms with Crippen molar-refractivity contribution in [2.45, 2.75) is 41.5 Å². The number of fused-ring (bicyclic) bond motifs is 2. The van der Waals surface area contributed by atoms with Crippen LogP contribution in [-0.4, -0.2) is 48.8 Å². The minimum atomic E-state index is -4.97. The number of ether oxygens (including phenoxy) is 1. The van der Waals surface area contributed by atoms with Crippen molar-refractivity contribution in [3.05, 3.63) is 182 Å². The molecule has 0 amide bonds. The highest BCUT2D eigenvalue weighted by atomic mass is 32.2. The Hall–Kier alpha value is -6.17. The maximum absolute atomic E-state index is 14.3. The minimum Gasteiger partial charge on any atom is -0.376 e. The van der Waals surface area contributed by atoms with Crippen LogP contribution in [0.1, 0.15) is 22.3 Å². The molecule has 1 aliphatic heterocycles. The molecule has 2 unspecified atom stereocenters. The van der Waals surface area contributed by atoms with Crippen molar-refractivity contribution in [3.8, 4) is 0 Å². The highest BCUT2D eigenvalue weighted by Crippen LogP contribution is 2.54. The van der Waals surface area contributed by atoms with E-state index in [4.69, 9.17) is 4.74 Å². The molecule has 3 heterocycles. The van der Waals surface area contributed by atoms with Crippen LogP contribution in [0.5, 0.6) is 0 Å². The molecule has 1 fully saturated rings. The van der Waals surface area contributed by atoms with Crippen LogP contribution >= 0.6 is 11.8 Å². The van der Waals surface area contributed by atoms with E-state index in [1.54, 1.807) is 47.0 Å². The molecule has 10 nitrogen and oxygen atoms in total. The molecule has 0 spiro atoms. The Morgan fingerprint density at radius 3 is 1.59 bits per heavy atom. The number of aromatic nitrogens is 2. The van der Waals surface area contributed by atoms with Crippen LogP contribution in [0.15, 0.2) is 145 Å². The molecule has 8 rings (SSSR count). The molecular weight excluding hydrogens is 803 g/mol. The molecule has 2 atom stereocenters. The van der Waals surface area contributed by atoms with Gasteiger partial charge in [0.15, 0.2) is 5.60 Å². The summed E-state index contributed by atoms with van der Waals surface area (Å²) in [6.45, 7) is 0.0443. The van der Waals surface area contributed by atoms with Gasteiger partial charge in [-0.05, 0) is 35.4 Å². The number of epoxide rings is 1. The summed E-state index contributed by atoms with van der Waals surface area (Å²) in [4.78, 5) is 21.8. The summed E-state index contributed by atoms with van der Waals surface area (Å²) in [6.07, 6.45) is -6.88. The Morgan fingerprint density at radius 1 is 0.678 bits per heavy atom. The number of nitro groups is 2. The summed E-state index contributed by atoms with van der Waals surface area (Å²) in [5, 5.41) is 33.8. The van der Waals surface area contributed by atoms with Gasteiger partial charge in [-0.3, -0.25) is 20.2 Å². The Labute approximate surface area is 335 Å². The molecule has 0 aliphatic carbocycles. The van der Waals surface area contributed by atoms with E-state index in [0.29, 0.717) is 22.3 Å². The monoisotopic (exact) mass is 834 g/mol. The first kappa shape index (κ1) is 41.0. The van der Waals surface area contributed by atoms with Gasteiger partial charge in [-0.2, -0.15) is 26.3 Å². The van der Waals surface area contributed by atoms with Gasteiger partial charge < -0.3 is 19.0 Å². The van der Waals surface area contributed by atoms with Gasteiger partial charge in [0, 0.05) is 82.3 Å². The summed E-state index contributed by atoms with van der Waals surface area (Å²) in [6, 6.07) is 34.3. The second-order valence-corrected chi connectivity index (χ2v) is 14.9. The first-order chi connectivity index (χ1) is 28.0.